The molecule has 7 nitrogen and oxygen atoms in total. The zero-order valence-electron chi connectivity index (χ0n) is 16.9. The van der Waals surface area contributed by atoms with E-state index in [2.05, 4.69) is 56.3 Å². The molecule has 4 aromatic rings. The van der Waals surface area contributed by atoms with Gasteiger partial charge in [0.2, 0.25) is 0 Å². The van der Waals surface area contributed by atoms with Crippen LogP contribution in [0.4, 0.5) is 0 Å². The molecule has 0 fully saturated rings. The lowest BCUT2D eigenvalue weighted by Crippen LogP contribution is -2.39. The predicted octanol–water partition coefficient (Wildman–Crippen LogP) is 4.52. The Hall–Kier alpha value is -3.00. The standard InChI is InChI=1S/C22H20BrN5O2/c1-12-21(14(3)30-26-12)16-4-5-18-13(2)27(7-6-15(18)8-16)22(29)19-9-20-24-10-17(23)11-28(20)25-19/h4-5,8-11,13H,6-7H2,1-3H3. The van der Waals surface area contributed by atoms with Crippen molar-refractivity contribution in [2.45, 2.75) is 33.2 Å². The molecule has 0 saturated heterocycles. The van der Waals surface area contributed by atoms with Crippen LogP contribution in [-0.4, -0.2) is 37.1 Å². The maximum Gasteiger partial charge on any atom is 0.274 e. The number of halogens is 1. The molecule has 3 aromatic heterocycles. The molecule has 0 saturated carbocycles. The first-order chi connectivity index (χ1) is 14.4. The van der Waals surface area contributed by atoms with Gasteiger partial charge in [0.15, 0.2) is 11.3 Å². The number of benzene rings is 1. The summed E-state index contributed by atoms with van der Waals surface area (Å²) in [5.41, 5.74) is 6.51. The number of rotatable bonds is 2. The van der Waals surface area contributed by atoms with Crippen LogP contribution in [0, 0.1) is 13.8 Å². The molecule has 30 heavy (non-hydrogen) atoms. The highest BCUT2D eigenvalue weighted by molar-refractivity contribution is 9.10. The Morgan fingerprint density at radius 2 is 2.10 bits per heavy atom. The van der Waals surface area contributed by atoms with Crippen LogP contribution in [0.5, 0.6) is 0 Å². The van der Waals surface area contributed by atoms with Gasteiger partial charge < -0.3 is 9.42 Å². The minimum atomic E-state index is -0.0791. The SMILES string of the molecule is Cc1noc(C)c1-c1ccc2c(c1)CCN(C(=O)c1cc3ncc(Br)cn3n1)C2C. The number of hydrogen-bond acceptors (Lipinski definition) is 5. The normalized spacial score (nSPS) is 16.1. The second-order valence-electron chi connectivity index (χ2n) is 7.64. The molecule has 5 rings (SSSR count). The molecule has 0 spiro atoms. The second kappa shape index (κ2) is 7.05. The van der Waals surface area contributed by atoms with Crippen molar-refractivity contribution in [3.05, 3.63) is 69.4 Å². The van der Waals surface area contributed by atoms with Gasteiger partial charge >= 0.3 is 0 Å². The van der Waals surface area contributed by atoms with Gasteiger partial charge in [0.05, 0.1) is 16.2 Å². The van der Waals surface area contributed by atoms with Crippen LogP contribution in [0.15, 0.2) is 45.7 Å². The van der Waals surface area contributed by atoms with Crippen LogP contribution in [0.1, 0.15) is 46.0 Å². The first-order valence-electron chi connectivity index (χ1n) is 9.80. The lowest BCUT2D eigenvalue weighted by molar-refractivity contribution is 0.0671. The third-order valence-electron chi connectivity index (χ3n) is 5.77. The zero-order valence-corrected chi connectivity index (χ0v) is 18.5. The lowest BCUT2D eigenvalue weighted by Gasteiger charge is -2.35. The highest BCUT2D eigenvalue weighted by Gasteiger charge is 2.30. The van der Waals surface area contributed by atoms with Crippen molar-refractivity contribution in [1.29, 1.82) is 0 Å². The molecule has 4 heterocycles. The second-order valence-corrected chi connectivity index (χ2v) is 8.56. The van der Waals surface area contributed by atoms with Crippen LogP contribution in [0.3, 0.4) is 0 Å². The quantitative estimate of drug-likeness (QED) is 0.434. The van der Waals surface area contributed by atoms with Crippen molar-refractivity contribution >= 4 is 27.5 Å². The molecule has 1 aliphatic rings. The summed E-state index contributed by atoms with van der Waals surface area (Å²) in [6.07, 6.45) is 4.28. The smallest absolute Gasteiger partial charge is 0.274 e. The molecule has 1 unspecified atom stereocenters. The fourth-order valence-electron chi connectivity index (χ4n) is 4.27. The predicted molar refractivity (Wildman–Crippen MR) is 115 cm³/mol. The Balaban J connectivity index is 1.45. The Morgan fingerprint density at radius 1 is 1.27 bits per heavy atom. The summed E-state index contributed by atoms with van der Waals surface area (Å²) < 4.78 is 7.76. The summed E-state index contributed by atoms with van der Waals surface area (Å²) >= 11 is 3.38. The Kier molecular flexibility index (Phi) is 4.47. The number of aryl methyl sites for hydroxylation is 2. The van der Waals surface area contributed by atoms with E-state index in [0.717, 1.165) is 39.0 Å². The minimum absolute atomic E-state index is 0.0375. The van der Waals surface area contributed by atoms with Crippen LogP contribution >= 0.6 is 15.9 Å². The highest BCUT2D eigenvalue weighted by Crippen LogP contribution is 2.35. The zero-order chi connectivity index (χ0) is 21.0. The fourth-order valence-corrected chi connectivity index (χ4v) is 4.56. The summed E-state index contributed by atoms with van der Waals surface area (Å²) in [5, 5.41) is 8.49. The van der Waals surface area contributed by atoms with Gasteiger partial charge in [-0.25, -0.2) is 9.50 Å². The Morgan fingerprint density at radius 3 is 2.87 bits per heavy atom. The van der Waals surface area contributed by atoms with E-state index in [-0.39, 0.29) is 11.9 Å². The van der Waals surface area contributed by atoms with E-state index in [1.165, 1.54) is 5.56 Å². The largest absolute Gasteiger partial charge is 0.361 e. The third-order valence-corrected chi connectivity index (χ3v) is 6.18. The van der Waals surface area contributed by atoms with Gasteiger partial charge in [0, 0.05) is 30.6 Å². The van der Waals surface area contributed by atoms with Crippen molar-refractivity contribution < 1.29 is 9.32 Å². The van der Waals surface area contributed by atoms with Gasteiger partial charge in [-0.3, -0.25) is 4.79 Å². The third kappa shape index (κ3) is 3.02. The molecule has 0 radical (unpaired) electrons. The van der Waals surface area contributed by atoms with Crippen molar-refractivity contribution in [3.63, 3.8) is 0 Å². The number of aromatic nitrogens is 4. The summed E-state index contributed by atoms with van der Waals surface area (Å²) in [6, 6.07) is 8.10. The van der Waals surface area contributed by atoms with Crippen LogP contribution in [0.2, 0.25) is 0 Å². The molecular formula is C22H20BrN5O2. The molecule has 152 valence electrons. The molecule has 1 atom stereocenters. The van der Waals surface area contributed by atoms with Gasteiger partial charge in [0.25, 0.3) is 5.91 Å². The van der Waals surface area contributed by atoms with Crippen LogP contribution in [0.25, 0.3) is 16.8 Å². The summed E-state index contributed by atoms with van der Waals surface area (Å²) in [4.78, 5) is 19.4. The Labute approximate surface area is 181 Å². The number of nitrogens with zero attached hydrogens (tertiary/aromatic N) is 5. The van der Waals surface area contributed by atoms with E-state index < -0.39 is 0 Å². The molecule has 8 heteroatoms. The molecule has 0 bridgehead atoms. The number of carbonyl (C=O) groups excluding carboxylic acids is 1. The highest BCUT2D eigenvalue weighted by atomic mass is 79.9. The molecule has 0 aliphatic carbocycles. The minimum Gasteiger partial charge on any atom is -0.361 e. The first-order valence-corrected chi connectivity index (χ1v) is 10.6. The average Bonchev–Trinajstić information content (AvgIpc) is 3.30. The van der Waals surface area contributed by atoms with E-state index in [4.69, 9.17) is 4.52 Å². The van der Waals surface area contributed by atoms with Crippen LogP contribution in [-0.2, 0) is 6.42 Å². The van der Waals surface area contributed by atoms with E-state index in [0.29, 0.717) is 17.9 Å². The van der Waals surface area contributed by atoms with Crippen molar-refractivity contribution in [2.75, 3.05) is 6.54 Å². The maximum absolute atomic E-state index is 13.2. The monoisotopic (exact) mass is 465 g/mol. The molecular weight excluding hydrogens is 446 g/mol. The number of fused-ring (bicyclic) bond motifs is 2. The van der Waals surface area contributed by atoms with E-state index in [9.17, 15) is 4.79 Å². The number of carbonyl (C=O) groups is 1. The fraction of sp³-hybridized carbons (Fsp3) is 0.273. The summed E-state index contributed by atoms with van der Waals surface area (Å²) in [6.45, 7) is 6.59. The lowest BCUT2D eigenvalue weighted by atomic mass is 9.90. The summed E-state index contributed by atoms with van der Waals surface area (Å²) in [7, 11) is 0. The molecule has 0 N–H and O–H groups in total. The molecule has 1 aromatic carbocycles. The van der Waals surface area contributed by atoms with E-state index >= 15 is 0 Å². The number of hydrogen-bond donors (Lipinski definition) is 0. The summed E-state index contributed by atoms with van der Waals surface area (Å²) in [5.74, 6) is 0.741. The average molecular weight is 466 g/mol. The van der Waals surface area contributed by atoms with Gasteiger partial charge in [0.1, 0.15) is 5.76 Å². The molecule has 1 aliphatic heterocycles. The van der Waals surface area contributed by atoms with Gasteiger partial charge in [-0.2, -0.15) is 5.10 Å². The maximum atomic E-state index is 13.2. The van der Waals surface area contributed by atoms with E-state index in [1.807, 2.05) is 18.7 Å². The first kappa shape index (κ1) is 19.0. The van der Waals surface area contributed by atoms with Gasteiger partial charge in [-0.1, -0.05) is 23.4 Å². The van der Waals surface area contributed by atoms with Crippen molar-refractivity contribution in [3.8, 4) is 11.1 Å². The Bertz CT molecular complexity index is 1270. The number of amides is 1. The van der Waals surface area contributed by atoms with Crippen molar-refractivity contribution in [1.82, 2.24) is 24.7 Å². The van der Waals surface area contributed by atoms with Gasteiger partial charge in [-0.15, -0.1) is 0 Å². The molecule has 1 amide bonds. The van der Waals surface area contributed by atoms with Crippen molar-refractivity contribution in [2.24, 2.45) is 0 Å². The topological polar surface area (TPSA) is 76.5 Å². The van der Waals surface area contributed by atoms with Crippen LogP contribution < -0.4 is 0 Å². The van der Waals surface area contributed by atoms with Gasteiger partial charge in [-0.05, 0) is 59.8 Å². The van der Waals surface area contributed by atoms with E-state index in [1.54, 1.807) is 23.0 Å².